The zero-order chi connectivity index (χ0) is 14.3. The van der Waals surface area contributed by atoms with Gasteiger partial charge in [-0.25, -0.2) is 0 Å². The molecule has 0 unspecified atom stereocenters. The van der Waals surface area contributed by atoms with Crippen LogP contribution >= 0.6 is 0 Å². The summed E-state index contributed by atoms with van der Waals surface area (Å²) in [6.07, 6.45) is -0.974. The van der Waals surface area contributed by atoms with Gasteiger partial charge in [0.15, 0.2) is 17.5 Å². The molecule has 2 saturated heterocycles. The van der Waals surface area contributed by atoms with E-state index in [1.807, 2.05) is 20.8 Å². The number of hydrogen-bond donors (Lipinski definition) is 2. The second kappa shape index (κ2) is 2.74. The first kappa shape index (κ1) is 12.1. The van der Waals surface area contributed by atoms with Gasteiger partial charge in [-0.05, 0) is 17.8 Å². The maximum Gasteiger partial charge on any atom is 0.199 e. The first-order valence-corrected chi connectivity index (χ1v) is 7.46. The van der Waals surface area contributed by atoms with Crippen LogP contribution < -0.4 is 0 Å². The summed E-state index contributed by atoms with van der Waals surface area (Å²) in [6, 6.07) is 0. The Bertz CT molecular complexity index is 552. The van der Waals surface area contributed by atoms with Crippen LogP contribution in [0.2, 0.25) is 0 Å². The molecule has 20 heavy (non-hydrogen) atoms. The lowest BCUT2D eigenvalue weighted by Gasteiger charge is -2.39. The van der Waals surface area contributed by atoms with E-state index in [0.717, 1.165) is 6.42 Å². The Balaban J connectivity index is 1.73. The van der Waals surface area contributed by atoms with Gasteiger partial charge in [-0.15, -0.1) is 0 Å². The molecule has 0 aromatic rings. The maximum atomic E-state index is 12.5. The SMILES string of the molecule is CC1(C)C[C@@H]2[C@H]([C@@H]1O)[C@]1(C)[C@]3(O[C@H]3C(=O)[C@]13CO3)[C@@H]2O. The number of ether oxygens (including phenoxy) is 2. The number of ketones is 1. The van der Waals surface area contributed by atoms with E-state index in [1.165, 1.54) is 0 Å². The van der Waals surface area contributed by atoms with E-state index in [1.54, 1.807) is 0 Å². The van der Waals surface area contributed by atoms with Gasteiger partial charge in [-0.3, -0.25) is 4.79 Å². The number of carbonyl (C=O) groups excluding carboxylic acids is 1. The Labute approximate surface area is 117 Å². The lowest BCUT2D eigenvalue weighted by molar-refractivity contribution is -0.135. The second-order valence-corrected chi connectivity index (χ2v) is 8.25. The first-order chi connectivity index (χ1) is 9.24. The number of hydrogen-bond acceptors (Lipinski definition) is 5. The van der Waals surface area contributed by atoms with Crippen LogP contribution in [-0.2, 0) is 14.3 Å². The van der Waals surface area contributed by atoms with E-state index in [0.29, 0.717) is 6.61 Å². The standard InChI is InChI=1S/C15H20O5/c1-12(2)4-6-7(9(12)17)13(3)14(5-19-14)10(18)11-15(13,20-11)8(6)16/h6-9,11,16-17H,4-5H2,1-3H3/t6-,7-,8-,9+,11+,13+,14-,15+/m1/s1. The Morgan fingerprint density at radius 1 is 1.20 bits per heavy atom. The number of aliphatic hydroxyl groups excluding tert-OH is 2. The monoisotopic (exact) mass is 280 g/mol. The maximum absolute atomic E-state index is 12.5. The van der Waals surface area contributed by atoms with Crippen molar-refractivity contribution in [1.29, 1.82) is 0 Å². The summed E-state index contributed by atoms with van der Waals surface area (Å²) in [5.74, 6) is -0.162. The zero-order valence-corrected chi connectivity index (χ0v) is 11.9. The van der Waals surface area contributed by atoms with Gasteiger partial charge in [0, 0.05) is 11.3 Å². The Hall–Kier alpha value is -0.490. The first-order valence-electron chi connectivity index (χ1n) is 7.46. The molecule has 3 saturated carbocycles. The van der Waals surface area contributed by atoms with Crippen molar-refractivity contribution in [3.05, 3.63) is 0 Å². The lowest BCUT2D eigenvalue weighted by atomic mass is 9.65. The average molecular weight is 280 g/mol. The van der Waals surface area contributed by atoms with E-state index in [4.69, 9.17) is 9.47 Å². The molecule has 0 bridgehead atoms. The molecule has 0 aromatic heterocycles. The molecule has 2 heterocycles. The van der Waals surface area contributed by atoms with E-state index in [-0.39, 0.29) is 23.0 Å². The van der Waals surface area contributed by atoms with Crippen LogP contribution in [0.5, 0.6) is 0 Å². The molecule has 0 amide bonds. The highest BCUT2D eigenvalue weighted by molar-refractivity contribution is 6.02. The third-order valence-electron chi connectivity index (χ3n) is 7.24. The van der Waals surface area contributed by atoms with Gasteiger partial charge in [0.1, 0.15) is 5.60 Å². The number of carbonyl (C=O) groups is 1. The van der Waals surface area contributed by atoms with Crippen molar-refractivity contribution >= 4 is 5.78 Å². The fraction of sp³-hybridized carbons (Fsp3) is 0.933. The van der Waals surface area contributed by atoms with Crippen molar-refractivity contribution in [1.82, 2.24) is 0 Å². The van der Waals surface area contributed by atoms with Crippen LogP contribution in [0, 0.1) is 22.7 Å². The van der Waals surface area contributed by atoms with Gasteiger partial charge in [0.2, 0.25) is 0 Å². The summed E-state index contributed by atoms with van der Waals surface area (Å²) in [7, 11) is 0. The van der Waals surface area contributed by atoms with Crippen LogP contribution in [0.1, 0.15) is 27.2 Å². The summed E-state index contributed by atoms with van der Waals surface area (Å²) < 4.78 is 11.3. The van der Waals surface area contributed by atoms with Crippen molar-refractivity contribution in [3.8, 4) is 0 Å². The molecule has 2 aliphatic heterocycles. The zero-order valence-electron chi connectivity index (χ0n) is 11.9. The molecule has 5 aliphatic rings. The number of Topliss-reactive ketones (excluding diaryl/α,β-unsaturated/α-hetero) is 1. The van der Waals surface area contributed by atoms with Gasteiger partial charge in [-0.1, -0.05) is 20.8 Å². The van der Waals surface area contributed by atoms with Crippen LogP contribution in [0.25, 0.3) is 0 Å². The Morgan fingerprint density at radius 3 is 2.45 bits per heavy atom. The summed E-state index contributed by atoms with van der Waals surface area (Å²) in [6.45, 7) is 6.46. The highest BCUT2D eigenvalue weighted by Crippen LogP contribution is 2.80. The quantitative estimate of drug-likeness (QED) is 0.605. The molecule has 2 N–H and O–H groups in total. The average Bonchev–Trinajstić information content (AvgIpc) is 3.24. The molecule has 5 nitrogen and oxygen atoms in total. The minimum Gasteiger partial charge on any atom is -0.392 e. The molecule has 5 fully saturated rings. The number of fused-ring (bicyclic) bond motifs is 3. The topological polar surface area (TPSA) is 82.6 Å². The highest BCUT2D eigenvalue weighted by Gasteiger charge is 2.97. The van der Waals surface area contributed by atoms with Crippen molar-refractivity contribution in [2.45, 2.75) is 56.7 Å². The molecule has 8 atom stereocenters. The van der Waals surface area contributed by atoms with Gasteiger partial charge < -0.3 is 19.7 Å². The van der Waals surface area contributed by atoms with Crippen LogP contribution in [-0.4, -0.2) is 52.1 Å². The third-order valence-corrected chi connectivity index (χ3v) is 7.24. The van der Waals surface area contributed by atoms with E-state index >= 15 is 0 Å². The van der Waals surface area contributed by atoms with Gasteiger partial charge >= 0.3 is 0 Å². The number of rotatable bonds is 0. The minimum atomic E-state index is -0.808. The molecule has 0 aromatic carbocycles. The molecule has 0 radical (unpaired) electrons. The normalized spacial score (nSPS) is 68.0. The summed E-state index contributed by atoms with van der Waals surface area (Å²) >= 11 is 0. The van der Waals surface area contributed by atoms with Crippen molar-refractivity contribution in [3.63, 3.8) is 0 Å². The summed E-state index contributed by atoms with van der Waals surface area (Å²) in [5.41, 5.74) is -2.45. The largest absolute Gasteiger partial charge is 0.392 e. The summed E-state index contributed by atoms with van der Waals surface area (Å²) in [4.78, 5) is 12.5. The highest BCUT2D eigenvalue weighted by atomic mass is 16.7. The van der Waals surface area contributed by atoms with Gasteiger partial charge in [-0.2, -0.15) is 0 Å². The van der Waals surface area contributed by atoms with Crippen LogP contribution in [0.4, 0.5) is 0 Å². The van der Waals surface area contributed by atoms with Crippen molar-refractivity contribution < 1.29 is 24.5 Å². The molecule has 5 rings (SSSR count). The fourth-order valence-corrected chi connectivity index (χ4v) is 6.11. The predicted octanol–water partition coefficient (Wildman–Crippen LogP) is -0.120. The van der Waals surface area contributed by atoms with E-state index in [9.17, 15) is 15.0 Å². The molecule has 110 valence electrons. The minimum absolute atomic E-state index is 0.0100. The number of aliphatic hydroxyl groups is 2. The number of epoxide rings is 2. The Morgan fingerprint density at radius 2 is 1.85 bits per heavy atom. The smallest absolute Gasteiger partial charge is 0.199 e. The van der Waals surface area contributed by atoms with E-state index < -0.39 is 34.9 Å². The molecular formula is C15H20O5. The van der Waals surface area contributed by atoms with Crippen molar-refractivity contribution in [2.75, 3.05) is 6.61 Å². The molecule has 2 spiro atoms. The van der Waals surface area contributed by atoms with Crippen LogP contribution in [0.3, 0.4) is 0 Å². The lowest BCUT2D eigenvalue weighted by Crippen LogP contribution is -2.52. The third kappa shape index (κ3) is 0.815. The second-order valence-electron chi connectivity index (χ2n) is 8.25. The van der Waals surface area contributed by atoms with Gasteiger partial charge in [0.05, 0.1) is 18.8 Å². The molecule has 5 heteroatoms. The van der Waals surface area contributed by atoms with Crippen molar-refractivity contribution in [2.24, 2.45) is 22.7 Å². The van der Waals surface area contributed by atoms with Crippen LogP contribution in [0.15, 0.2) is 0 Å². The molecule has 3 aliphatic carbocycles. The Kier molecular flexibility index (Phi) is 1.66. The molecular weight excluding hydrogens is 260 g/mol. The summed E-state index contributed by atoms with van der Waals surface area (Å²) in [5, 5.41) is 21.6. The predicted molar refractivity (Wildman–Crippen MR) is 66.8 cm³/mol. The van der Waals surface area contributed by atoms with Gasteiger partial charge in [0.25, 0.3) is 0 Å². The van der Waals surface area contributed by atoms with E-state index in [2.05, 4.69) is 0 Å². The fourth-order valence-electron chi connectivity index (χ4n) is 6.11.